The fraction of sp³-hybridized carbons (Fsp3) is 1.00. The summed E-state index contributed by atoms with van der Waals surface area (Å²) in [5.41, 5.74) is 0. The van der Waals surface area contributed by atoms with E-state index in [2.05, 4.69) is 41.5 Å². The predicted molar refractivity (Wildman–Crippen MR) is 80.4 cm³/mol. The Morgan fingerprint density at radius 2 is 1.61 bits per heavy atom. The summed E-state index contributed by atoms with van der Waals surface area (Å²) >= 11 is 0. The Morgan fingerprint density at radius 3 is 2.22 bits per heavy atom. The van der Waals surface area contributed by atoms with Crippen molar-refractivity contribution < 1.29 is 0 Å². The van der Waals surface area contributed by atoms with Crippen LogP contribution in [0.25, 0.3) is 0 Å². The van der Waals surface area contributed by atoms with E-state index < -0.39 is 0 Å². The summed E-state index contributed by atoms with van der Waals surface area (Å²) in [6.45, 7) is 15.0. The first-order valence-electron chi connectivity index (χ1n) is 8.45. The molecule has 106 valence electrons. The van der Waals surface area contributed by atoms with E-state index in [9.17, 15) is 0 Å². The van der Waals surface area contributed by atoms with Gasteiger partial charge in [-0.15, -0.1) is 0 Å². The number of fused-ring (bicyclic) bond motifs is 1. The van der Waals surface area contributed by atoms with Gasteiger partial charge in [-0.05, 0) is 66.6 Å². The van der Waals surface area contributed by atoms with Gasteiger partial charge in [0.15, 0.2) is 0 Å². The largest absolute Gasteiger partial charge is 0.0651 e. The number of hydrogen-bond donors (Lipinski definition) is 0. The summed E-state index contributed by atoms with van der Waals surface area (Å²) in [4.78, 5) is 0. The first-order chi connectivity index (χ1) is 8.45. The molecule has 0 heterocycles. The van der Waals surface area contributed by atoms with Crippen molar-refractivity contribution >= 4 is 0 Å². The molecule has 2 aliphatic rings. The van der Waals surface area contributed by atoms with Crippen molar-refractivity contribution in [3.63, 3.8) is 0 Å². The van der Waals surface area contributed by atoms with Gasteiger partial charge in [0, 0.05) is 0 Å². The van der Waals surface area contributed by atoms with Gasteiger partial charge in [-0.25, -0.2) is 0 Å². The highest BCUT2D eigenvalue weighted by Gasteiger charge is 2.46. The zero-order valence-electron chi connectivity index (χ0n) is 13.4. The molecule has 0 radical (unpaired) electrons. The monoisotopic (exact) mass is 250 g/mol. The normalized spacial score (nSPS) is 50.7. The molecular weight excluding hydrogens is 216 g/mol. The van der Waals surface area contributed by atoms with E-state index in [-0.39, 0.29) is 0 Å². The molecule has 2 fully saturated rings. The maximum absolute atomic E-state index is 2.58. The first kappa shape index (κ1) is 14.4. The van der Waals surface area contributed by atoms with Gasteiger partial charge >= 0.3 is 0 Å². The van der Waals surface area contributed by atoms with Crippen molar-refractivity contribution in [1.29, 1.82) is 0 Å². The van der Waals surface area contributed by atoms with E-state index in [0.29, 0.717) is 0 Å². The zero-order chi connectivity index (χ0) is 13.4. The molecular formula is C18H34. The molecule has 0 spiro atoms. The molecule has 2 rings (SSSR count). The Bertz CT molecular complexity index is 269. The third kappa shape index (κ3) is 2.49. The van der Waals surface area contributed by atoms with E-state index in [1.54, 1.807) is 0 Å². The van der Waals surface area contributed by atoms with Gasteiger partial charge in [0.25, 0.3) is 0 Å². The fourth-order valence-electron chi connectivity index (χ4n) is 5.99. The van der Waals surface area contributed by atoms with Crippen LogP contribution in [0.2, 0.25) is 0 Å². The lowest BCUT2D eigenvalue weighted by atomic mass is 9.52. The van der Waals surface area contributed by atoms with E-state index in [1.165, 1.54) is 25.7 Å². The molecule has 0 amide bonds. The molecule has 8 unspecified atom stereocenters. The topological polar surface area (TPSA) is 0 Å². The Morgan fingerprint density at radius 1 is 0.944 bits per heavy atom. The lowest BCUT2D eigenvalue weighted by Crippen LogP contribution is -2.46. The molecule has 0 aromatic heterocycles. The summed E-state index contributed by atoms with van der Waals surface area (Å²) in [5.74, 6) is 7.80. The highest BCUT2D eigenvalue weighted by molar-refractivity contribution is 4.95. The molecule has 0 saturated heterocycles. The number of hydrogen-bond acceptors (Lipinski definition) is 0. The molecule has 0 N–H and O–H groups in total. The molecule has 0 bridgehead atoms. The quantitative estimate of drug-likeness (QED) is 0.596. The van der Waals surface area contributed by atoms with Crippen molar-refractivity contribution in [2.45, 2.75) is 67.2 Å². The molecule has 0 heteroatoms. The van der Waals surface area contributed by atoms with Crippen molar-refractivity contribution in [3.05, 3.63) is 0 Å². The van der Waals surface area contributed by atoms with Crippen molar-refractivity contribution in [2.75, 3.05) is 0 Å². The number of rotatable bonds is 2. The first-order valence-corrected chi connectivity index (χ1v) is 8.45. The summed E-state index contributed by atoms with van der Waals surface area (Å²) in [5, 5.41) is 0. The van der Waals surface area contributed by atoms with Crippen molar-refractivity contribution in [2.24, 2.45) is 47.3 Å². The third-order valence-corrected chi connectivity index (χ3v) is 6.53. The van der Waals surface area contributed by atoms with E-state index in [0.717, 1.165) is 47.3 Å². The van der Waals surface area contributed by atoms with Gasteiger partial charge < -0.3 is 0 Å². The minimum Gasteiger partial charge on any atom is -0.0651 e. The predicted octanol–water partition coefficient (Wildman–Crippen LogP) is 5.62. The van der Waals surface area contributed by atoms with Gasteiger partial charge in [-0.3, -0.25) is 0 Å². The van der Waals surface area contributed by atoms with Gasteiger partial charge in [0.05, 0.1) is 0 Å². The van der Waals surface area contributed by atoms with E-state index in [1.807, 2.05) is 0 Å². The Labute approximate surface area is 115 Å². The molecule has 2 aliphatic carbocycles. The highest BCUT2D eigenvalue weighted by Crippen LogP contribution is 2.54. The molecule has 8 atom stereocenters. The van der Waals surface area contributed by atoms with Crippen LogP contribution in [0.5, 0.6) is 0 Å². The van der Waals surface area contributed by atoms with Crippen molar-refractivity contribution in [3.8, 4) is 0 Å². The van der Waals surface area contributed by atoms with Crippen LogP contribution in [0, 0.1) is 47.3 Å². The second-order valence-corrected chi connectivity index (χ2v) is 7.93. The molecule has 18 heavy (non-hydrogen) atoms. The maximum atomic E-state index is 2.58. The van der Waals surface area contributed by atoms with Crippen LogP contribution in [0.4, 0.5) is 0 Å². The Balaban J connectivity index is 2.17. The fourth-order valence-corrected chi connectivity index (χ4v) is 5.99. The second-order valence-electron chi connectivity index (χ2n) is 7.93. The minimum absolute atomic E-state index is 0.919. The average molecular weight is 250 g/mol. The van der Waals surface area contributed by atoms with Crippen LogP contribution in [0.3, 0.4) is 0 Å². The summed E-state index contributed by atoms with van der Waals surface area (Å²) < 4.78 is 0. The Hall–Kier alpha value is 0. The van der Waals surface area contributed by atoms with Crippen LogP contribution in [0.15, 0.2) is 0 Å². The third-order valence-electron chi connectivity index (χ3n) is 6.53. The lowest BCUT2D eigenvalue weighted by Gasteiger charge is -2.53. The lowest BCUT2D eigenvalue weighted by molar-refractivity contribution is -0.0398. The summed E-state index contributed by atoms with van der Waals surface area (Å²) in [6.07, 6.45) is 5.87. The maximum Gasteiger partial charge on any atom is -0.0331 e. The molecule has 2 saturated carbocycles. The summed E-state index contributed by atoms with van der Waals surface area (Å²) in [6, 6.07) is 0. The molecule has 0 nitrogen and oxygen atoms in total. The van der Waals surface area contributed by atoms with Gasteiger partial charge in [0.2, 0.25) is 0 Å². The van der Waals surface area contributed by atoms with Crippen LogP contribution in [-0.2, 0) is 0 Å². The standard InChI is InChI=1S/C18H34/c1-7-12(3)17-14(5)10-16-9-11(2)8-13(4)18(16)15(17)6/h11-18H,7-10H2,1-6H3. The Kier molecular flexibility index (Phi) is 4.44. The van der Waals surface area contributed by atoms with E-state index >= 15 is 0 Å². The summed E-state index contributed by atoms with van der Waals surface area (Å²) in [7, 11) is 0. The molecule has 0 aromatic rings. The molecule has 0 aliphatic heterocycles. The molecule has 0 aromatic carbocycles. The van der Waals surface area contributed by atoms with Crippen LogP contribution < -0.4 is 0 Å². The average Bonchev–Trinajstić information content (AvgIpc) is 2.26. The minimum atomic E-state index is 0.919. The smallest absolute Gasteiger partial charge is 0.0331 e. The van der Waals surface area contributed by atoms with Crippen LogP contribution >= 0.6 is 0 Å². The van der Waals surface area contributed by atoms with Crippen LogP contribution in [-0.4, -0.2) is 0 Å². The second kappa shape index (κ2) is 5.55. The van der Waals surface area contributed by atoms with Gasteiger partial charge in [-0.1, -0.05) is 48.0 Å². The zero-order valence-corrected chi connectivity index (χ0v) is 13.4. The van der Waals surface area contributed by atoms with E-state index in [4.69, 9.17) is 0 Å². The van der Waals surface area contributed by atoms with Gasteiger partial charge in [0.1, 0.15) is 0 Å². The van der Waals surface area contributed by atoms with Gasteiger partial charge in [-0.2, -0.15) is 0 Å². The SMILES string of the molecule is CCC(C)C1C(C)CC2CC(C)CC(C)C2C1C. The van der Waals surface area contributed by atoms with Crippen molar-refractivity contribution in [1.82, 2.24) is 0 Å². The van der Waals surface area contributed by atoms with Crippen LogP contribution in [0.1, 0.15) is 67.2 Å². The highest BCUT2D eigenvalue weighted by atomic mass is 14.5.